The predicted molar refractivity (Wildman–Crippen MR) is 74.6 cm³/mol. The van der Waals surface area contributed by atoms with Crippen LogP contribution in [0.2, 0.25) is 0 Å². The van der Waals surface area contributed by atoms with Crippen molar-refractivity contribution in [2.24, 2.45) is 0 Å². The number of likely N-dealkylation sites (N-methyl/N-ethyl adjacent to an activating group) is 1. The zero-order valence-corrected chi connectivity index (χ0v) is 12.0. The summed E-state index contributed by atoms with van der Waals surface area (Å²) in [6, 6.07) is 4.84. The minimum Gasteiger partial charge on any atom is -0.492 e. The fourth-order valence-corrected chi connectivity index (χ4v) is 1.50. The lowest BCUT2D eigenvalue weighted by molar-refractivity contribution is -0.142. The van der Waals surface area contributed by atoms with E-state index in [9.17, 15) is 14.0 Å². The Morgan fingerprint density at radius 1 is 1.38 bits per heavy atom. The van der Waals surface area contributed by atoms with Crippen LogP contribution in [-0.2, 0) is 9.59 Å². The number of aliphatic carboxylic acids is 1. The van der Waals surface area contributed by atoms with E-state index >= 15 is 0 Å². The van der Waals surface area contributed by atoms with Crippen molar-refractivity contribution in [3.8, 4) is 5.75 Å². The molecule has 1 rings (SSSR count). The highest BCUT2D eigenvalue weighted by atomic mass is 19.1. The van der Waals surface area contributed by atoms with Gasteiger partial charge >= 0.3 is 5.97 Å². The van der Waals surface area contributed by atoms with E-state index in [1.165, 1.54) is 36.1 Å². The monoisotopic (exact) mass is 298 g/mol. The highest BCUT2D eigenvalue weighted by Crippen LogP contribution is 2.10. The van der Waals surface area contributed by atoms with Crippen molar-refractivity contribution >= 4 is 11.9 Å². The van der Waals surface area contributed by atoms with Gasteiger partial charge in [0.15, 0.2) is 0 Å². The minimum atomic E-state index is -0.982. The van der Waals surface area contributed by atoms with Gasteiger partial charge in [0.2, 0.25) is 5.91 Å². The van der Waals surface area contributed by atoms with E-state index in [0.29, 0.717) is 5.75 Å². The quantitative estimate of drug-likeness (QED) is 0.692. The first-order valence-electron chi connectivity index (χ1n) is 6.48. The molecule has 1 aromatic rings. The number of carbonyl (C=O) groups excluding carboxylic acids is 1. The third-order valence-electron chi connectivity index (χ3n) is 2.92. The highest BCUT2D eigenvalue weighted by Gasteiger charge is 2.18. The Kier molecular flexibility index (Phi) is 6.61. The number of amides is 1. The largest absolute Gasteiger partial charge is 0.492 e. The van der Waals surface area contributed by atoms with Crippen LogP contribution >= 0.6 is 0 Å². The smallest absolute Gasteiger partial charge is 0.320 e. The Hall–Kier alpha value is -2.15. The summed E-state index contributed by atoms with van der Waals surface area (Å²) in [4.78, 5) is 23.8. The standard InChI is InChI=1S/C14H19FN2O4/c1-10(14(19)20)17(2)9-13(18)16-7-8-21-12-5-3-11(15)4-6-12/h3-6,10H,7-9H2,1-2H3,(H,16,18)(H,19,20). The van der Waals surface area contributed by atoms with Gasteiger partial charge in [0.05, 0.1) is 13.1 Å². The van der Waals surface area contributed by atoms with E-state index in [4.69, 9.17) is 9.84 Å². The molecule has 0 saturated carbocycles. The van der Waals surface area contributed by atoms with E-state index in [1.54, 1.807) is 7.05 Å². The zero-order valence-electron chi connectivity index (χ0n) is 12.0. The van der Waals surface area contributed by atoms with Gasteiger partial charge in [-0.1, -0.05) is 0 Å². The molecule has 0 heterocycles. The fourth-order valence-electron chi connectivity index (χ4n) is 1.50. The molecule has 1 amide bonds. The van der Waals surface area contributed by atoms with Gasteiger partial charge in [-0.3, -0.25) is 14.5 Å². The van der Waals surface area contributed by atoms with E-state index in [2.05, 4.69) is 5.32 Å². The molecular weight excluding hydrogens is 279 g/mol. The number of carboxylic acids is 1. The molecule has 0 saturated heterocycles. The molecule has 116 valence electrons. The van der Waals surface area contributed by atoms with Crippen molar-refractivity contribution in [3.05, 3.63) is 30.1 Å². The summed E-state index contributed by atoms with van der Waals surface area (Å²) in [5.41, 5.74) is 0. The van der Waals surface area contributed by atoms with Crippen LogP contribution in [0.5, 0.6) is 5.75 Å². The maximum absolute atomic E-state index is 12.7. The molecule has 7 heteroatoms. The Labute approximate surface area is 122 Å². The average Bonchev–Trinajstić information content (AvgIpc) is 2.44. The molecule has 0 aromatic heterocycles. The minimum absolute atomic E-state index is 0.00991. The molecule has 1 atom stereocenters. The number of halogens is 1. The van der Waals surface area contributed by atoms with Crippen molar-refractivity contribution in [2.45, 2.75) is 13.0 Å². The van der Waals surface area contributed by atoms with Gasteiger partial charge in [0, 0.05) is 0 Å². The lowest BCUT2D eigenvalue weighted by atomic mass is 10.3. The first-order chi connectivity index (χ1) is 9.90. The normalized spacial score (nSPS) is 12.0. The molecule has 0 fully saturated rings. The number of ether oxygens (including phenoxy) is 1. The Morgan fingerprint density at radius 2 is 2.00 bits per heavy atom. The molecular formula is C14H19FN2O4. The molecule has 0 aliphatic heterocycles. The molecule has 0 bridgehead atoms. The Balaban J connectivity index is 2.21. The lowest BCUT2D eigenvalue weighted by Crippen LogP contribution is -2.43. The molecule has 0 spiro atoms. The molecule has 6 nitrogen and oxygen atoms in total. The second-order valence-corrected chi connectivity index (χ2v) is 4.58. The molecule has 0 radical (unpaired) electrons. The van der Waals surface area contributed by atoms with Gasteiger partial charge in [-0.25, -0.2) is 4.39 Å². The van der Waals surface area contributed by atoms with E-state index in [0.717, 1.165) is 0 Å². The molecule has 21 heavy (non-hydrogen) atoms. The van der Waals surface area contributed by atoms with Crippen molar-refractivity contribution in [1.82, 2.24) is 10.2 Å². The van der Waals surface area contributed by atoms with Crippen LogP contribution in [0.25, 0.3) is 0 Å². The average molecular weight is 298 g/mol. The molecule has 1 unspecified atom stereocenters. The van der Waals surface area contributed by atoms with Crippen LogP contribution in [-0.4, -0.2) is 54.7 Å². The second kappa shape index (κ2) is 8.21. The SMILES string of the molecule is CC(C(=O)O)N(C)CC(=O)NCCOc1ccc(F)cc1. The number of carboxylic acid groups (broad SMARTS) is 1. The van der Waals surface area contributed by atoms with Gasteiger partial charge in [-0.15, -0.1) is 0 Å². The van der Waals surface area contributed by atoms with Crippen LogP contribution in [0.4, 0.5) is 4.39 Å². The third-order valence-corrected chi connectivity index (χ3v) is 2.92. The summed E-state index contributed by atoms with van der Waals surface area (Å²) >= 11 is 0. The van der Waals surface area contributed by atoms with Crippen LogP contribution in [0, 0.1) is 5.82 Å². The maximum Gasteiger partial charge on any atom is 0.320 e. The molecule has 1 aromatic carbocycles. The summed E-state index contributed by atoms with van der Waals surface area (Å²) in [5.74, 6) is -1.09. The first kappa shape index (κ1) is 16.9. The summed E-state index contributed by atoms with van der Waals surface area (Å²) in [7, 11) is 1.56. The summed E-state index contributed by atoms with van der Waals surface area (Å²) in [5, 5.41) is 11.4. The number of rotatable bonds is 8. The molecule has 2 N–H and O–H groups in total. The van der Waals surface area contributed by atoms with Crippen LogP contribution in [0.15, 0.2) is 24.3 Å². The second-order valence-electron chi connectivity index (χ2n) is 4.58. The molecule has 0 aliphatic rings. The Bertz CT molecular complexity index is 478. The van der Waals surface area contributed by atoms with Crippen molar-refractivity contribution in [2.75, 3.05) is 26.7 Å². The van der Waals surface area contributed by atoms with Gasteiger partial charge in [-0.2, -0.15) is 0 Å². The number of nitrogens with zero attached hydrogens (tertiary/aromatic N) is 1. The van der Waals surface area contributed by atoms with Gasteiger partial charge in [-0.05, 0) is 38.2 Å². The van der Waals surface area contributed by atoms with Crippen LogP contribution < -0.4 is 10.1 Å². The summed E-state index contributed by atoms with van der Waals surface area (Å²) in [6.07, 6.45) is 0. The number of benzene rings is 1. The summed E-state index contributed by atoms with van der Waals surface area (Å²) < 4.78 is 18.0. The third kappa shape index (κ3) is 6.22. The Morgan fingerprint density at radius 3 is 2.57 bits per heavy atom. The number of nitrogens with one attached hydrogen (secondary N) is 1. The number of carbonyl (C=O) groups is 2. The lowest BCUT2D eigenvalue weighted by Gasteiger charge is -2.20. The maximum atomic E-state index is 12.7. The van der Waals surface area contributed by atoms with Gasteiger partial charge < -0.3 is 15.2 Å². The van der Waals surface area contributed by atoms with Crippen LogP contribution in [0.3, 0.4) is 0 Å². The predicted octanol–water partition coefficient (Wildman–Crippen LogP) is 0.726. The molecule has 0 aliphatic carbocycles. The highest BCUT2D eigenvalue weighted by molar-refractivity contribution is 5.79. The number of hydrogen-bond donors (Lipinski definition) is 2. The fraction of sp³-hybridized carbons (Fsp3) is 0.429. The van der Waals surface area contributed by atoms with Gasteiger partial charge in [0.1, 0.15) is 24.2 Å². The van der Waals surface area contributed by atoms with Crippen LogP contribution in [0.1, 0.15) is 6.92 Å². The van der Waals surface area contributed by atoms with Crippen molar-refractivity contribution in [1.29, 1.82) is 0 Å². The zero-order chi connectivity index (χ0) is 15.8. The topological polar surface area (TPSA) is 78.9 Å². The van der Waals surface area contributed by atoms with Gasteiger partial charge in [0.25, 0.3) is 0 Å². The first-order valence-corrected chi connectivity index (χ1v) is 6.48. The summed E-state index contributed by atoms with van der Waals surface area (Å²) in [6.45, 7) is 2.03. The van der Waals surface area contributed by atoms with E-state index in [1.807, 2.05) is 0 Å². The van der Waals surface area contributed by atoms with Crippen molar-refractivity contribution in [3.63, 3.8) is 0 Å². The van der Waals surface area contributed by atoms with E-state index in [-0.39, 0.29) is 31.4 Å². The van der Waals surface area contributed by atoms with Crippen molar-refractivity contribution < 1.29 is 23.8 Å². The van der Waals surface area contributed by atoms with E-state index < -0.39 is 12.0 Å². The number of hydrogen-bond acceptors (Lipinski definition) is 4.